The predicted octanol–water partition coefficient (Wildman–Crippen LogP) is 1.11. The molecule has 0 saturated heterocycles. The Morgan fingerprint density at radius 1 is 0.625 bits per heavy atom. The summed E-state index contributed by atoms with van der Waals surface area (Å²) in [4.78, 5) is 20.0. The first-order valence-corrected chi connectivity index (χ1v) is 5.97. The smallest absolute Gasteiger partial charge is 0.355 e. The monoisotopic (exact) mass is 436 g/mol. The fourth-order valence-corrected chi connectivity index (χ4v) is 1.74. The second kappa shape index (κ2) is 5.87. The molecule has 0 aromatic heterocycles. The minimum Gasteiger partial charge on any atom is -0.545 e. The number of carboxylic acid groups (broad SMARTS) is 2. The lowest BCUT2D eigenvalue weighted by molar-refractivity contribution is -0.357. The summed E-state index contributed by atoms with van der Waals surface area (Å²) >= 11 is 11.7. The summed E-state index contributed by atoms with van der Waals surface area (Å²) in [6.45, 7) is 0. The molecule has 0 N–H and O–H groups in total. The van der Waals surface area contributed by atoms with E-state index < -0.39 is 45.1 Å². The number of hydrogen-bond donors (Lipinski definition) is 0. The summed E-state index contributed by atoms with van der Waals surface area (Å²) in [5.41, 5.74) is 0. The van der Waals surface area contributed by atoms with Gasteiger partial charge < -0.3 is 19.8 Å². The average Bonchev–Trinajstić information content (AvgIpc) is 2.36. The third kappa shape index (κ3) is 2.73. The van der Waals surface area contributed by atoms with E-state index in [1.807, 2.05) is 0 Å². The Labute approximate surface area is 140 Å². The van der Waals surface area contributed by atoms with Crippen LogP contribution in [-0.2, 0) is 9.59 Å². The van der Waals surface area contributed by atoms with Crippen LogP contribution < -0.4 is 10.2 Å². The van der Waals surface area contributed by atoms with Crippen LogP contribution in [0.1, 0.15) is 0 Å². The predicted molar refractivity (Wildman–Crippen MR) is 53.9 cm³/mol. The van der Waals surface area contributed by atoms with E-state index in [2.05, 4.69) is 34.8 Å². The van der Waals surface area contributed by atoms with Crippen LogP contribution in [0.3, 0.4) is 0 Å². The lowest BCUT2D eigenvalue weighted by atomic mass is 9.94. The Balaban J connectivity index is 6.48. The second-order valence-electron chi connectivity index (χ2n) is 4.02. The molecular weight excluding hydrogens is 437 g/mol. The Kier molecular flexibility index (Phi) is 5.67. The molecule has 0 saturated carbocycles. The molecule has 0 rings (SSSR count). The fourth-order valence-electron chi connectivity index (χ4n) is 1.05. The zero-order valence-electron chi connectivity index (χ0n) is 10.2. The first-order chi connectivity index (χ1) is 10.1. The van der Waals surface area contributed by atoms with E-state index in [9.17, 15) is 59.3 Å². The molecule has 24 heavy (non-hydrogen) atoms. The lowest BCUT2D eigenvalue weighted by Gasteiger charge is -2.44. The van der Waals surface area contributed by atoms with Crippen molar-refractivity contribution in [2.24, 2.45) is 0 Å². The highest BCUT2D eigenvalue weighted by molar-refractivity contribution is 6.35. The molecule has 0 fully saturated rings. The van der Waals surface area contributed by atoms with Gasteiger partial charge in [0.15, 0.2) is 0 Å². The molecule has 0 heterocycles. The van der Waals surface area contributed by atoms with Gasteiger partial charge in [0.2, 0.25) is 0 Å². The van der Waals surface area contributed by atoms with Crippen molar-refractivity contribution in [1.82, 2.24) is 0 Å². The molecule has 0 radical (unpaired) electrons. The highest BCUT2D eigenvalue weighted by Crippen LogP contribution is 2.62. The van der Waals surface area contributed by atoms with Crippen molar-refractivity contribution < 1.29 is 59.3 Å². The maximum atomic E-state index is 13.6. The standard InChI is InChI=1S/C8H2Cl3F9O4/c9-3(12,1(21)22)7(17,18)6(11,16)8(19,20)5(10,15)4(13,14)2(23)24/h(H,21,22)(H,23,24)/p-2. The highest BCUT2D eigenvalue weighted by atomic mass is 35.5. The van der Waals surface area contributed by atoms with Crippen LogP contribution in [-0.4, -0.2) is 45.1 Å². The maximum Gasteiger partial charge on any atom is 0.355 e. The van der Waals surface area contributed by atoms with Crippen LogP contribution in [0.2, 0.25) is 0 Å². The van der Waals surface area contributed by atoms with Gasteiger partial charge in [0.1, 0.15) is 11.9 Å². The van der Waals surface area contributed by atoms with Gasteiger partial charge in [-0.15, -0.1) is 0 Å². The summed E-state index contributed by atoms with van der Waals surface area (Å²) in [6.07, 6.45) is 0. The van der Waals surface area contributed by atoms with Gasteiger partial charge in [-0.3, -0.25) is 0 Å². The van der Waals surface area contributed by atoms with Crippen LogP contribution in [0.5, 0.6) is 0 Å². The van der Waals surface area contributed by atoms with Crippen LogP contribution in [0.4, 0.5) is 39.5 Å². The molecule has 0 bridgehead atoms. The molecule has 0 aliphatic heterocycles. The third-order valence-corrected chi connectivity index (χ3v) is 3.83. The zero-order valence-corrected chi connectivity index (χ0v) is 12.4. The number of aliphatic carboxylic acids is 2. The van der Waals surface area contributed by atoms with Crippen LogP contribution in [0, 0.1) is 0 Å². The first-order valence-electron chi connectivity index (χ1n) is 4.83. The highest BCUT2D eigenvalue weighted by Gasteiger charge is 2.87. The first kappa shape index (κ1) is 23.2. The summed E-state index contributed by atoms with van der Waals surface area (Å²) in [5, 5.41) is 0.775. The summed E-state index contributed by atoms with van der Waals surface area (Å²) in [7, 11) is 0. The van der Waals surface area contributed by atoms with Gasteiger partial charge in [-0.05, 0) is 0 Å². The number of halogens is 12. The van der Waals surface area contributed by atoms with Crippen molar-refractivity contribution in [3.8, 4) is 0 Å². The lowest BCUT2D eigenvalue weighted by Crippen LogP contribution is -2.73. The fraction of sp³-hybridized carbons (Fsp3) is 0.750. The summed E-state index contributed by atoms with van der Waals surface area (Å²) < 4.78 is 119. The van der Waals surface area contributed by atoms with E-state index in [-0.39, 0.29) is 0 Å². The number of hydrogen-bond acceptors (Lipinski definition) is 4. The van der Waals surface area contributed by atoms with Crippen molar-refractivity contribution in [1.29, 1.82) is 0 Å². The van der Waals surface area contributed by atoms with Gasteiger partial charge in [-0.1, -0.05) is 34.8 Å². The number of alkyl halides is 12. The molecule has 0 amide bonds. The molecule has 0 aromatic carbocycles. The maximum absolute atomic E-state index is 13.6. The van der Waals surface area contributed by atoms with Crippen LogP contribution in [0.15, 0.2) is 0 Å². The van der Waals surface area contributed by atoms with Crippen LogP contribution >= 0.6 is 34.8 Å². The van der Waals surface area contributed by atoms with Crippen molar-refractivity contribution in [2.75, 3.05) is 0 Å². The quantitative estimate of drug-likeness (QED) is 0.442. The second-order valence-corrected chi connectivity index (χ2v) is 5.58. The Bertz CT molecular complexity index is 501. The molecule has 0 aliphatic rings. The van der Waals surface area contributed by atoms with Crippen molar-refractivity contribution in [3.05, 3.63) is 0 Å². The number of carbonyl (C=O) groups excluding carboxylic acids is 2. The molecule has 0 aromatic rings. The van der Waals surface area contributed by atoms with Crippen molar-refractivity contribution in [2.45, 2.75) is 33.2 Å². The Morgan fingerprint density at radius 2 is 0.958 bits per heavy atom. The van der Waals surface area contributed by atoms with Gasteiger partial charge in [0.05, 0.1) is 0 Å². The summed E-state index contributed by atoms with van der Waals surface area (Å²) in [5.74, 6) is -28.4. The van der Waals surface area contributed by atoms with Crippen molar-refractivity contribution >= 4 is 46.7 Å². The Hall–Kier alpha value is -0.820. The summed E-state index contributed by atoms with van der Waals surface area (Å²) in [6, 6.07) is 0. The van der Waals surface area contributed by atoms with Gasteiger partial charge in [0, 0.05) is 0 Å². The van der Waals surface area contributed by atoms with E-state index in [1.54, 1.807) is 0 Å². The molecule has 4 nitrogen and oxygen atoms in total. The average molecular weight is 437 g/mol. The zero-order chi connectivity index (χ0) is 20.2. The van der Waals surface area contributed by atoms with Gasteiger partial charge in [0.25, 0.3) is 5.13 Å². The van der Waals surface area contributed by atoms with E-state index in [4.69, 9.17) is 0 Å². The van der Waals surface area contributed by atoms with Gasteiger partial charge in [-0.25, -0.2) is 13.2 Å². The topological polar surface area (TPSA) is 80.3 Å². The van der Waals surface area contributed by atoms with Crippen LogP contribution in [0.25, 0.3) is 0 Å². The normalized spacial score (nSPS) is 21.3. The number of carboxylic acids is 2. The van der Waals surface area contributed by atoms with Crippen molar-refractivity contribution in [3.63, 3.8) is 0 Å². The third-order valence-electron chi connectivity index (χ3n) is 2.48. The molecule has 0 aliphatic carbocycles. The van der Waals surface area contributed by atoms with E-state index in [1.165, 1.54) is 0 Å². The molecule has 3 unspecified atom stereocenters. The van der Waals surface area contributed by atoms with E-state index in [0.29, 0.717) is 0 Å². The minimum absolute atomic E-state index is 3.77. The Morgan fingerprint density at radius 3 is 1.21 bits per heavy atom. The molecule has 142 valence electrons. The van der Waals surface area contributed by atoms with Gasteiger partial charge in [-0.2, -0.15) is 26.3 Å². The molecular formula is C8Cl3F9O4-2. The van der Waals surface area contributed by atoms with E-state index in [0.717, 1.165) is 0 Å². The van der Waals surface area contributed by atoms with Gasteiger partial charge >= 0.3 is 28.0 Å². The number of rotatable bonds is 7. The molecule has 0 spiro atoms. The SMILES string of the molecule is O=C([O-])C(F)(F)C(F)(Cl)C(F)(F)C(F)(Cl)C(F)(F)C(F)(Cl)C(=O)[O-]. The molecule has 3 atom stereocenters. The minimum atomic E-state index is -7.15. The largest absolute Gasteiger partial charge is 0.545 e. The number of carbonyl (C=O) groups is 2. The van der Waals surface area contributed by atoms with E-state index >= 15 is 0 Å². The molecule has 16 heteroatoms.